The van der Waals surface area contributed by atoms with Gasteiger partial charge in [-0.05, 0) is 69.9 Å². The summed E-state index contributed by atoms with van der Waals surface area (Å²) in [6.45, 7) is 36.4. The number of primary amides is 2. The number of carbonyl (C=O) groups excluding carboxylic acids is 2. The van der Waals surface area contributed by atoms with Gasteiger partial charge in [-0.15, -0.1) is 10.3 Å². The fourth-order valence-corrected chi connectivity index (χ4v) is 10.8. The molecule has 8 aromatic rings. The van der Waals surface area contributed by atoms with Gasteiger partial charge in [0.1, 0.15) is 0 Å². The van der Waals surface area contributed by atoms with Crippen LogP contribution in [0.4, 0.5) is 5.88 Å². The number of aromatic amines is 2. The number of amides is 2. The van der Waals surface area contributed by atoms with Crippen molar-refractivity contribution in [2.45, 2.75) is 177 Å². The number of aromatic nitrogens is 12. The summed E-state index contributed by atoms with van der Waals surface area (Å²) in [5, 5.41) is 49.0. The van der Waals surface area contributed by atoms with Crippen molar-refractivity contribution in [1.29, 1.82) is 0 Å². The Bertz CT molecular complexity index is 4170. The molecule has 94 heavy (non-hydrogen) atoms. The summed E-state index contributed by atoms with van der Waals surface area (Å²) in [6.07, 6.45) is 4.67. The van der Waals surface area contributed by atoms with Gasteiger partial charge in [-0.3, -0.25) is 23.9 Å². The SMILES string of the molecule is CC(C)(C)N=c1c[n+](N2CCOCC2)[n-]o1.CC(C)(C)c1c(C(N)=O)[nH]o[n+]1=O.CC(C)(C)c1c(S(=O)(=O)c2ccccc2)[nH]o[n+]1=O.CC(C)(C)c1no[n+]([O-])c1C(N)=O.CC(C)(C)c1no[n+]([O-])c1S(=O)(=O)c1ccccc1.CN(C)[n+]1[c-]c([N-]C(C)(C)C)on1.[Re]. The fourth-order valence-electron chi connectivity index (χ4n) is 7.67. The maximum absolute atomic E-state index is 12.5. The molecule has 0 aliphatic carbocycles. The smallest absolute Gasteiger partial charge is 0.317 e. The van der Waals surface area contributed by atoms with Crippen molar-refractivity contribution in [1.82, 2.24) is 31.2 Å². The van der Waals surface area contributed by atoms with Crippen molar-refractivity contribution in [2.24, 2.45) is 16.5 Å². The minimum atomic E-state index is -3.95. The molecule has 6 aromatic heterocycles. The Morgan fingerprint density at radius 2 is 1.17 bits per heavy atom. The van der Waals surface area contributed by atoms with E-state index in [0.717, 1.165) is 26.3 Å². The Labute approximate surface area is 555 Å². The molecule has 35 nitrogen and oxygen atoms in total. The molecule has 0 bridgehead atoms. The number of morpholine rings is 1. The van der Waals surface area contributed by atoms with Crippen LogP contribution in [-0.4, -0.2) is 106 Å². The summed E-state index contributed by atoms with van der Waals surface area (Å²) in [5.41, 5.74) is 8.50. The summed E-state index contributed by atoms with van der Waals surface area (Å²) < 4.78 is 83.5. The molecule has 1 fully saturated rings. The summed E-state index contributed by atoms with van der Waals surface area (Å²) in [5.74, 6) is -1.12. The van der Waals surface area contributed by atoms with Gasteiger partial charge in [0.25, 0.3) is 66.0 Å². The number of nitrogens with zero attached hydrogens (tertiary/aromatic N) is 14. The molecule has 0 atom stereocenters. The van der Waals surface area contributed by atoms with E-state index in [4.69, 9.17) is 25.3 Å². The quantitative estimate of drug-likeness (QED) is 0.0916. The van der Waals surface area contributed by atoms with E-state index in [1.54, 1.807) is 135 Å². The molecule has 0 unspecified atom stereocenters. The molecule has 519 valence electrons. The van der Waals surface area contributed by atoms with Crippen molar-refractivity contribution in [2.75, 3.05) is 50.4 Å². The molecule has 1 saturated heterocycles. The zero-order valence-electron chi connectivity index (χ0n) is 56.2. The topological polar surface area (TPSA) is 467 Å². The van der Waals surface area contributed by atoms with Crippen molar-refractivity contribution in [3.8, 4) is 0 Å². The van der Waals surface area contributed by atoms with E-state index in [1.807, 2.05) is 55.6 Å². The molecule has 1 aliphatic heterocycles. The molecule has 2 aromatic carbocycles. The van der Waals surface area contributed by atoms with Gasteiger partial charge < -0.3 is 41.0 Å². The summed E-state index contributed by atoms with van der Waals surface area (Å²) in [7, 11) is -4.05. The molecule has 1 aliphatic rings. The summed E-state index contributed by atoms with van der Waals surface area (Å²) in [4.78, 5) is 52.1. The Hall–Kier alpha value is -8.86. The number of nitrogens with one attached hydrogen (secondary N) is 2. The Morgan fingerprint density at radius 3 is 1.60 bits per heavy atom. The average Bonchev–Trinajstić information content (AvgIpc) is 1.38. The van der Waals surface area contributed by atoms with Gasteiger partial charge in [-0.25, -0.2) is 21.8 Å². The second kappa shape index (κ2) is 31.4. The van der Waals surface area contributed by atoms with E-state index in [1.165, 1.54) is 29.1 Å². The number of hydrogen-bond donors (Lipinski definition) is 4. The molecule has 38 heteroatoms. The Balaban J connectivity index is 0.000000296. The number of carbonyl (C=O) groups is 2. The molecule has 6 N–H and O–H groups in total. The number of hydrogen-bond acceptors (Lipinski definition) is 23. The number of nitrogens with two attached hydrogens (primary N) is 2. The third kappa shape index (κ3) is 22.2. The largest absolute Gasteiger partial charge is 0.674 e. The average molecular weight is 1530 g/mol. The maximum Gasteiger partial charge on any atom is 0.317 e. The number of ether oxygens (including phenoxy) is 1. The Kier molecular flexibility index (Phi) is 26.5. The predicted octanol–water partition coefficient (Wildman–Crippen LogP) is 2.67. The molecule has 1 radical (unpaired) electrons. The fraction of sp³-hybridized carbons (Fsp3) is 0.536. The normalized spacial score (nSPS) is 13.1. The van der Waals surface area contributed by atoms with Crippen molar-refractivity contribution in [3.05, 3.63) is 138 Å². The van der Waals surface area contributed by atoms with Crippen LogP contribution in [0.2, 0.25) is 0 Å². The monoisotopic (exact) mass is 1530 g/mol. The van der Waals surface area contributed by atoms with Gasteiger partial charge in [-0.2, -0.15) is 5.01 Å². The maximum atomic E-state index is 12.5. The third-order valence-corrected chi connectivity index (χ3v) is 15.2. The van der Waals surface area contributed by atoms with E-state index >= 15 is 0 Å². The van der Waals surface area contributed by atoms with Crippen molar-refractivity contribution >= 4 is 37.4 Å². The second-order valence-electron chi connectivity index (χ2n) is 26.7. The zero-order chi connectivity index (χ0) is 70.6. The first-order valence-electron chi connectivity index (χ1n) is 28.5. The van der Waals surface area contributed by atoms with E-state index in [9.17, 15) is 46.7 Å². The number of rotatable bonds is 9. The third-order valence-electron chi connectivity index (χ3n) is 11.8. The zero-order valence-corrected chi connectivity index (χ0v) is 60.6. The van der Waals surface area contributed by atoms with Gasteiger partial charge >= 0.3 is 10.1 Å². The first kappa shape index (κ1) is 79.4. The van der Waals surface area contributed by atoms with Gasteiger partial charge in [0, 0.05) is 65.5 Å². The van der Waals surface area contributed by atoms with Crippen LogP contribution >= 0.6 is 0 Å². The van der Waals surface area contributed by atoms with Crippen LogP contribution in [-0.2, 0) is 66.5 Å². The van der Waals surface area contributed by atoms with Crippen LogP contribution in [0.5, 0.6) is 0 Å². The van der Waals surface area contributed by atoms with Crippen molar-refractivity contribution < 1.29 is 108 Å². The van der Waals surface area contributed by atoms with Gasteiger partial charge in [0.05, 0.1) is 42.6 Å². The Morgan fingerprint density at radius 1 is 0.691 bits per heavy atom. The number of sulfone groups is 2. The summed E-state index contributed by atoms with van der Waals surface area (Å²) >= 11 is 0. The van der Waals surface area contributed by atoms with Crippen LogP contribution in [0.15, 0.2) is 119 Å². The van der Waals surface area contributed by atoms with Crippen LogP contribution < -0.4 is 60.9 Å². The van der Waals surface area contributed by atoms with Crippen LogP contribution in [0, 0.1) is 26.4 Å². The van der Waals surface area contributed by atoms with Gasteiger partial charge in [0.15, 0.2) is 14.5 Å². The van der Waals surface area contributed by atoms with E-state index in [-0.39, 0.29) is 99.5 Å². The number of H-pyrrole nitrogens is 2. The minimum Gasteiger partial charge on any atom is -0.674 e. The van der Waals surface area contributed by atoms with Crippen LogP contribution in [0.1, 0.15) is 168 Å². The molecule has 0 spiro atoms. The number of benzene rings is 2. The van der Waals surface area contributed by atoms with E-state index in [0.29, 0.717) is 11.4 Å². The minimum absolute atomic E-state index is 0. The second-order valence-corrected chi connectivity index (χ2v) is 30.4. The standard InChI is InChI=1S/C12H15N2O4S.C12H14N2O4S.C10H18N4O2.C8H15N4O.2C7H11N3O3.Re/c1-12(2,3)10-11(13-18-14(10)15)19(16,17)9-7-5-4-6-8-9;1-12(2,3)10-11(14(15)18-13-10)19(16,17)9-7-5-4-6-8-9;1-10(2,3)11-9-8-14(12-16-9)13-4-6-15-7-5-13;1-8(2,3)9-7-6-12(10-13-7)11(4)5;1-7(2,3)5-4(6(8)11)10(12)13-9-5;1-7(2,3)5-4(6(8)11)9-13-10(5)12;/h4-8,13H,1-3H3;4-8H,1-3H3;8H,4-7H2,1-3H3;1-5H3;1-3H3,(H2,8,11);1-3H3,(H2-,8,9,11,12);/q+1;;;-1;;;/p+1. The molecular formula is C56H85N18O17ReS2+. The molecule has 7 heterocycles. The first-order valence-corrected chi connectivity index (χ1v) is 31.4. The van der Waals surface area contributed by atoms with Crippen LogP contribution in [0.3, 0.4) is 0 Å². The van der Waals surface area contributed by atoms with E-state index < -0.39 is 58.2 Å². The van der Waals surface area contributed by atoms with Crippen molar-refractivity contribution in [3.63, 3.8) is 0 Å². The molecule has 0 saturated carbocycles. The van der Waals surface area contributed by atoms with Gasteiger partial charge in [-0.1, -0.05) is 177 Å². The molecule has 2 amide bonds. The summed E-state index contributed by atoms with van der Waals surface area (Å²) in [6, 6.07) is 15.6. The first-order chi connectivity index (χ1) is 42.6. The molecular weight excluding hydrogens is 1450 g/mol. The molecule has 9 rings (SSSR count). The van der Waals surface area contributed by atoms with Crippen LogP contribution in [0.25, 0.3) is 5.32 Å². The van der Waals surface area contributed by atoms with E-state index in [2.05, 4.69) is 71.2 Å². The predicted molar refractivity (Wildman–Crippen MR) is 324 cm³/mol. The van der Waals surface area contributed by atoms with Gasteiger partial charge in [0.2, 0.25) is 11.4 Å².